The van der Waals surface area contributed by atoms with Crippen molar-refractivity contribution in [2.45, 2.75) is 31.8 Å². The van der Waals surface area contributed by atoms with Crippen molar-refractivity contribution in [1.29, 1.82) is 0 Å². The molecule has 3 aromatic rings. The zero-order valence-corrected chi connectivity index (χ0v) is 15.8. The molecule has 2 aromatic carbocycles. The van der Waals surface area contributed by atoms with E-state index in [0.29, 0.717) is 22.9 Å². The predicted molar refractivity (Wildman–Crippen MR) is 107 cm³/mol. The molecule has 1 aromatic heterocycles. The summed E-state index contributed by atoms with van der Waals surface area (Å²) in [6.07, 6.45) is 6.46. The van der Waals surface area contributed by atoms with Gasteiger partial charge in [0.05, 0.1) is 18.9 Å². The fourth-order valence-corrected chi connectivity index (χ4v) is 3.40. The Balaban J connectivity index is 1.49. The van der Waals surface area contributed by atoms with Crippen molar-refractivity contribution in [3.05, 3.63) is 66.5 Å². The van der Waals surface area contributed by atoms with Crippen LogP contribution < -0.4 is 14.8 Å². The lowest BCUT2D eigenvalue weighted by Gasteiger charge is -2.17. The highest BCUT2D eigenvalue weighted by Crippen LogP contribution is 2.34. The Labute approximate surface area is 164 Å². The monoisotopic (exact) mass is 377 g/mol. The summed E-state index contributed by atoms with van der Waals surface area (Å²) in [5, 5.41) is 7.25. The Morgan fingerprint density at radius 1 is 1.07 bits per heavy atom. The molecule has 0 radical (unpaired) electrons. The maximum atomic E-state index is 12.6. The smallest absolute Gasteiger partial charge is 0.276 e. The van der Waals surface area contributed by atoms with Crippen LogP contribution in [0.2, 0.25) is 0 Å². The van der Waals surface area contributed by atoms with Gasteiger partial charge in [0, 0.05) is 18.0 Å². The Morgan fingerprint density at radius 3 is 2.61 bits per heavy atom. The Hall–Kier alpha value is -3.28. The minimum absolute atomic E-state index is 0.210. The zero-order valence-electron chi connectivity index (χ0n) is 15.8. The molecule has 4 rings (SSSR count). The van der Waals surface area contributed by atoms with E-state index in [0.717, 1.165) is 18.5 Å². The molecule has 1 aliphatic carbocycles. The molecule has 0 spiro atoms. The number of ether oxygens (including phenoxy) is 2. The number of benzene rings is 2. The van der Waals surface area contributed by atoms with Gasteiger partial charge in [0.15, 0.2) is 17.2 Å². The van der Waals surface area contributed by atoms with E-state index in [9.17, 15) is 4.79 Å². The first-order valence-electron chi connectivity index (χ1n) is 9.50. The van der Waals surface area contributed by atoms with Crippen molar-refractivity contribution >= 4 is 11.6 Å². The number of methoxy groups -OCH3 is 1. The molecule has 1 fully saturated rings. The number of aromatic nitrogens is 2. The predicted octanol–water partition coefficient (Wildman–Crippen LogP) is 4.45. The third-order valence-electron chi connectivity index (χ3n) is 4.86. The third kappa shape index (κ3) is 4.01. The quantitative estimate of drug-likeness (QED) is 0.689. The molecule has 1 N–H and O–H groups in total. The summed E-state index contributed by atoms with van der Waals surface area (Å²) in [5.74, 6) is 1.05. The number of hydrogen-bond donors (Lipinski definition) is 1. The third-order valence-corrected chi connectivity index (χ3v) is 4.86. The minimum atomic E-state index is -0.272. The molecule has 1 amide bonds. The van der Waals surface area contributed by atoms with E-state index in [4.69, 9.17) is 9.47 Å². The highest BCUT2D eigenvalue weighted by atomic mass is 16.5. The molecule has 0 unspecified atom stereocenters. The summed E-state index contributed by atoms with van der Waals surface area (Å²) in [4.78, 5) is 12.6. The summed E-state index contributed by atoms with van der Waals surface area (Å²) in [7, 11) is 1.62. The maximum absolute atomic E-state index is 12.6. The van der Waals surface area contributed by atoms with Gasteiger partial charge in [0.2, 0.25) is 0 Å². The van der Waals surface area contributed by atoms with Gasteiger partial charge in [-0.2, -0.15) is 5.10 Å². The fraction of sp³-hybridized carbons (Fsp3) is 0.273. The van der Waals surface area contributed by atoms with E-state index in [-0.39, 0.29) is 12.0 Å². The number of carbonyl (C=O) groups excluding carboxylic acids is 1. The number of rotatable bonds is 6. The van der Waals surface area contributed by atoms with Crippen molar-refractivity contribution in [2.75, 3.05) is 12.4 Å². The first-order chi connectivity index (χ1) is 13.7. The molecule has 6 nitrogen and oxygen atoms in total. The van der Waals surface area contributed by atoms with Gasteiger partial charge < -0.3 is 14.8 Å². The van der Waals surface area contributed by atoms with Crippen molar-refractivity contribution in [2.24, 2.45) is 0 Å². The molecule has 28 heavy (non-hydrogen) atoms. The van der Waals surface area contributed by atoms with Gasteiger partial charge >= 0.3 is 0 Å². The lowest BCUT2D eigenvalue weighted by molar-refractivity contribution is 0.102. The van der Waals surface area contributed by atoms with Crippen molar-refractivity contribution in [3.8, 4) is 17.2 Å². The first kappa shape index (κ1) is 18.1. The van der Waals surface area contributed by atoms with Gasteiger partial charge in [-0.15, -0.1) is 0 Å². The van der Waals surface area contributed by atoms with E-state index < -0.39 is 0 Å². The minimum Gasteiger partial charge on any atom is -0.493 e. The zero-order chi connectivity index (χ0) is 19.3. The second-order valence-corrected chi connectivity index (χ2v) is 6.83. The average molecular weight is 377 g/mol. The molecule has 1 aliphatic rings. The van der Waals surface area contributed by atoms with E-state index in [1.807, 2.05) is 42.5 Å². The Bertz CT molecular complexity index is 947. The summed E-state index contributed by atoms with van der Waals surface area (Å²) < 4.78 is 13.2. The van der Waals surface area contributed by atoms with E-state index in [1.165, 1.54) is 12.8 Å². The van der Waals surface area contributed by atoms with Crippen LogP contribution in [0.5, 0.6) is 11.5 Å². The fourth-order valence-electron chi connectivity index (χ4n) is 3.40. The second-order valence-electron chi connectivity index (χ2n) is 6.83. The van der Waals surface area contributed by atoms with Gasteiger partial charge in [0.1, 0.15) is 0 Å². The topological polar surface area (TPSA) is 65.4 Å². The van der Waals surface area contributed by atoms with Crippen LogP contribution >= 0.6 is 0 Å². The first-order valence-corrected chi connectivity index (χ1v) is 9.50. The Kier molecular flexibility index (Phi) is 5.28. The van der Waals surface area contributed by atoms with E-state index in [2.05, 4.69) is 10.4 Å². The average Bonchev–Trinajstić information content (AvgIpc) is 3.41. The summed E-state index contributed by atoms with van der Waals surface area (Å²) in [6, 6.07) is 16.8. The van der Waals surface area contributed by atoms with Crippen molar-refractivity contribution in [1.82, 2.24) is 9.78 Å². The molecule has 0 aliphatic heterocycles. The number of para-hydroxylation sites is 1. The molecule has 0 atom stereocenters. The molecular formula is C22H23N3O3. The number of amides is 1. The van der Waals surface area contributed by atoms with Crippen LogP contribution in [0.3, 0.4) is 0 Å². The largest absolute Gasteiger partial charge is 0.493 e. The SMILES string of the molecule is COc1ccc(NC(=O)c2ccn(-c3ccccc3)n2)cc1OC1CCCC1. The molecule has 1 heterocycles. The van der Waals surface area contributed by atoms with Crippen molar-refractivity contribution < 1.29 is 14.3 Å². The van der Waals surface area contributed by atoms with Crippen LogP contribution in [0, 0.1) is 0 Å². The number of nitrogens with one attached hydrogen (secondary N) is 1. The Morgan fingerprint density at radius 2 is 1.86 bits per heavy atom. The normalized spacial score (nSPS) is 14.0. The van der Waals surface area contributed by atoms with E-state index >= 15 is 0 Å². The standard InChI is InChI=1S/C22H23N3O3/c1-27-20-12-11-16(15-21(20)28-18-9-5-6-10-18)23-22(26)19-13-14-25(24-19)17-7-3-2-4-8-17/h2-4,7-8,11-15,18H,5-6,9-10H2,1H3,(H,23,26). The van der Waals surface area contributed by atoms with Gasteiger partial charge in [-0.25, -0.2) is 4.68 Å². The van der Waals surface area contributed by atoms with Crippen LogP contribution in [-0.2, 0) is 0 Å². The van der Waals surface area contributed by atoms with Crippen LogP contribution in [0.15, 0.2) is 60.8 Å². The highest BCUT2D eigenvalue weighted by molar-refractivity contribution is 6.03. The second kappa shape index (κ2) is 8.17. The van der Waals surface area contributed by atoms with Crippen LogP contribution in [0.1, 0.15) is 36.2 Å². The van der Waals surface area contributed by atoms with Crippen molar-refractivity contribution in [3.63, 3.8) is 0 Å². The molecule has 1 saturated carbocycles. The highest BCUT2D eigenvalue weighted by Gasteiger charge is 2.19. The summed E-state index contributed by atoms with van der Waals surface area (Å²) in [6.45, 7) is 0. The van der Waals surface area contributed by atoms with Crippen LogP contribution in [0.4, 0.5) is 5.69 Å². The lowest BCUT2D eigenvalue weighted by atomic mass is 10.2. The molecule has 6 heteroatoms. The lowest BCUT2D eigenvalue weighted by Crippen LogP contribution is -2.14. The van der Waals surface area contributed by atoms with Gasteiger partial charge in [0.25, 0.3) is 5.91 Å². The number of hydrogen-bond acceptors (Lipinski definition) is 4. The van der Waals surface area contributed by atoms with Crippen LogP contribution in [-0.4, -0.2) is 28.9 Å². The summed E-state index contributed by atoms with van der Waals surface area (Å²) >= 11 is 0. The van der Waals surface area contributed by atoms with Gasteiger partial charge in [-0.05, 0) is 56.0 Å². The molecule has 0 bridgehead atoms. The van der Waals surface area contributed by atoms with E-state index in [1.54, 1.807) is 30.1 Å². The molecular weight excluding hydrogens is 354 g/mol. The molecule has 144 valence electrons. The maximum Gasteiger partial charge on any atom is 0.276 e. The van der Waals surface area contributed by atoms with Gasteiger partial charge in [-0.1, -0.05) is 18.2 Å². The number of carbonyl (C=O) groups is 1. The number of anilines is 1. The molecule has 0 saturated heterocycles. The van der Waals surface area contributed by atoms with Crippen LogP contribution in [0.25, 0.3) is 5.69 Å². The summed E-state index contributed by atoms with van der Waals surface area (Å²) in [5.41, 5.74) is 1.89. The van der Waals surface area contributed by atoms with Gasteiger partial charge in [-0.3, -0.25) is 4.79 Å². The number of nitrogens with zero attached hydrogens (tertiary/aromatic N) is 2.